The molecule has 0 spiro atoms. The van der Waals surface area contributed by atoms with Gasteiger partial charge in [-0.1, -0.05) is 0 Å². The Hall–Kier alpha value is -0.450. The highest BCUT2D eigenvalue weighted by Crippen LogP contribution is 2.34. The molecule has 1 unspecified atom stereocenters. The lowest BCUT2D eigenvalue weighted by molar-refractivity contribution is 0.133. The van der Waals surface area contributed by atoms with Crippen molar-refractivity contribution in [1.29, 1.82) is 0 Å². The lowest BCUT2D eigenvalue weighted by Gasteiger charge is -2.20. The van der Waals surface area contributed by atoms with Gasteiger partial charge in [0, 0.05) is 17.5 Å². The molecule has 1 atom stereocenters. The number of nitrogens with zero attached hydrogens (tertiary/aromatic N) is 1. The third kappa shape index (κ3) is 2.38. The summed E-state index contributed by atoms with van der Waals surface area (Å²) in [6.07, 6.45) is 3.62. The van der Waals surface area contributed by atoms with E-state index in [0.29, 0.717) is 12.6 Å². The lowest BCUT2D eigenvalue weighted by atomic mass is 9.98. The molecule has 0 saturated heterocycles. The molecule has 4 heteroatoms. The van der Waals surface area contributed by atoms with E-state index in [-0.39, 0.29) is 0 Å². The molecular formula is C11H18N2OS. The van der Waals surface area contributed by atoms with Gasteiger partial charge in [-0.2, -0.15) is 0 Å². The van der Waals surface area contributed by atoms with Crippen molar-refractivity contribution in [3.05, 3.63) is 15.6 Å². The molecule has 0 aromatic carbocycles. The Labute approximate surface area is 94.9 Å². The van der Waals surface area contributed by atoms with Crippen LogP contribution in [0.3, 0.4) is 0 Å². The van der Waals surface area contributed by atoms with Crippen molar-refractivity contribution in [3.8, 4) is 0 Å². The van der Waals surface area contributed by atoms with Crippen molar-refractivity contribution in [3.63, 3.8) is 0 Å². The average Bonchev–Trinajstić information content (AvgIpc) is 2.68. The topological polar surface area (TPSA) is 34.1 Å². The fourth-order valence-electron chi connectivity index (χ4n) is 2.00. The first kappa shape index (κ1) is 11.0. The molecule has 0 bridgehead atoms. The van der Waals surface area contributed by atoms with Crippen LogP contribution in [-0.2, 0) is 17.8 Å². The smallest absolute Gasteiger partial charge is 0.119 e. The summed E-state index contributed by atoms with van der Waals surface area (Å²) in [6.45, 7) is 3.45. The molecule has 0 fully saturated rings. The minimum absolute atomic E-state index is 0.515. The van der Waals surface area contributed by atoms with Crippen molar-refractivity contribution < 1.29 is 4.74 Å². The number of ether oxygens (including phenoxy) is 1. The van der Waals surface area contributed by atoms with Crippen LogP contribution in [0.4, 0.5) is 0 Å². The van der Waals surface area contributed by atoms with Gasteiger partial charge < -0.3 is 10.1 Å². The molecule has 0 saturated carbocycles. The molecule has 0 amide bonds. The van der Waals surface area contributed by atoms with Crippen LogP contribution in [-0.4, -0.2) is 18.6 Å². The second-order valence-corrected chi connectivity index (χ2v) is 4.90. The van der Waals surface area contributed by atoms with Crippen molar-refractivity contribution in [2.75, 3.05) is 13.7 Å². The van der Waals surface area contributed by atoms with E-state index < -0.39 is 0 Å². The van der Waals surface area contributed by atoms with Gasteiger partial charge in [-0.15, -0.1) is 11.3 Å². The normalized spacial score (nSPS) is 20.3. The summed E-state index contributed by atoms with van der Waals surface area (Å²) < 4.78 is 5.39. The van der Waals surface area contributed by atoms with Crippen LogP contribution < -0.4 is 5.32 Å². The highest BCUT2D eigenvalue weighted by atomic mass is 32.1. The molecule has 1 aromatic rings. The molecule has 0 aliphatic heterocycles. The van der Waals surface area contributed by atoms with Gasteiger partial charge in [0.15, 0.2) is 0 Å². The molecule has 0 radical (unpaired) electrons. The molecule has 1 N–H and O–H groups in total. The third-order valence-corrected chi connectivity index (χ3v) is 3.96. The standard InChI is InChI=1S/C11H18N2OS/c1-3-14-7-10-13-9-6-4-5-8(12-2)11(9)15-10/h8,12H,3-7H2,1-2H3. The molecule has 1 aromatic heterocycles. The molecule has 1 aliphatic rings. The minimum Gasteiger partial charge on any atom is -0.375 e. The SMILES string of the molecule is CCOCc1nc2c(s1)C(NC)CCC2. The number of fused-ring (bicyclic) bond motifs is 1. The van der Waals surface area contributed by atoms with Crippen LogP contribution in [0.25, 0.3) is 0 Å². The summed E-state index contributed by atoms with van der Waals surface area (Å²) in [4.78, 5) is 6.07. The zero-order valence-corrected chi connectivity index (χ0v) is 10.2. The summed E-state index contributed by atoms with van der Waals surface area (Å²) in [7, 11) is 2.03. The first-order valence-electron chi connectivity index (χ1n) is 5.58. The Kier molecular flexibility index (Phi) is 3.72. The molecular weight excluding hydrogens is 208 g/mol. The van der Waals surface area contributed by atoms with Crippen molar-refractivity contribution in [2.24, 2.45) is 0 Å². The van der Waals surface area contributed by atoms with Crippen LogP contribution in [0, 0.1) is 0 Å². The van der Waals surface area contributed by atoms with Crippen molar-refractivity contribution in [1.82, 2.24) is 10.3 Å². The fourth-order valence-corrected chi connectivity index (χ4v) is 3.19. The Balaban J connectivity index is 2.14. The van der Waals surface area contributed by atoms with Gasteiger partial charge in [0.05, 0.1) is 12.3 Å². The first-order valence-corrected chi connectivity index (χ1v) is 6.40. The Morgan fingerprint density at radius 3 is 3.20 bits per heavy atom. The van der Waals surface area contributed by atoms with Gasteiger partial charge in [-0.25, -0.2) is 4.98 Å². The Bertz CT molecular complexity index is 324. The van der Waals surface area contributed by atoms with Crippen LogP contribution in [0.1, 0.15) is 41.4 Å². The van der Waals surface area contributed by atoms with Crippen molar-refractivity contribution >= 4 is 11.3 Å². The summed E-state index contributed by atoms with van der Waals surface area (Å²) in [5, 5.41) is 4.49. The predicted molar refractivity (Wildman–Crippen MR) is 62.2 cm³/mol. The van der Waals surface area contributed by atoms with E-state index in [0.717, 1.165) is 18.0 Å². The minimum atomic E-state index is 0.515. The molecule has 1 heterocycles. The maximum absolute atomic E-state index is 5.39. The van der Waals surface area contributed by atoms with Crippen LogP contribution in [0.2, 0.25) is 0 Å². The first-order chi connectivity index (χ1) is 7.35. The second-order valence-electron chi connectivity index (χ2n) is 3.79. The maximum Gasteiger partial charge on any atom is 0.119 e. The van der Waals surface area contributed by atoms with E-state index in [1.165, 1.54) is 23.4 Å². The van der Waals surface area contributed by atoms with Crippen LogP contribution in [0.5, 0.6) is 0 Å². The number of rotatable bonds is 4. The van der Waals surface area contributed by atoms with E-state index in [1.54, 1.807) is 0 Å². The van der Waals surface area contributed by atoms with Gasteiger partial charge >= 0.3 is 0 Å². The molecule has 3 nitrogen and oxygen atoms in total. The quantitative estimate of drug-likeness (QED) is 0.855. The largest absolute Gasteiger partial charge is 0.375 e. The Morgan fingerprint density at radius 2 is 2.47 bits per heavy atom. The average molecular weight is 226 g/mol. The van der Waals surface area contributed by atoms with E-state index in [1.807, 2.05) is 25.3 Å². The van der Waals surface area contributed by atoms with Gasteiger partial charge in [0.1, 0.15) is 5.01 Å². The highest BCUT2D eigenvalue weighted by molar-refractivity contribution is 7.11. The van der Waals surface area contributed by atoms with E-state index in [9.17, 15) is 0 Å². The van der Waals surface area contributed by atoms with Gasteiger partial charge in [0.2, 0.25) is 0 Å². The van der Waals surface area contributed by atoms with Crippen LogP contribution >= 0.6 is 11.3 Å². The fraction of sp³-hybridized carbons (Fsp3) is 0.727. The van der Waals surface area contributed by atoms with Gasteiger partial charge in [0.25, 0.3) is 0 Å². The summed E-state index contributed by atoms with van der Waals surface area (Å²) >= 11 is 1.81. The Morgan fingerprint density at radius 1 is 1.60 bits per heavy atom. The zero-order valence-electron chi connectivity index (χ0n) is 9.38. The monoisotopic (exact) mass is 226 g/mol. The summed E-state index contributed by atoms with van der Waals surface area (Å²) in [5.41, 5.74) is 1.29. The van der Waals surface area contributed by atoms with E-state index in [4.69, 9.17) is 4.74 Å². The lowest BCUT2D eigenvalue weighted by Crippen LogP contribution is -2.19. The number of aromatic nitrogens is 1. The number of aryl methyl sites for hydroxylation is 1. The van der Waals surface area contributed by atoms with Gasteiger partial charge in [-0.05, 0) is 33.2 Å². The van der Waals surface area contributed by atoms with Crippen LogP contribution in [0.15, 0.2) is 0 Å². The summed E-state index contributed by atoms with van der Waals surface area (Å²) in [6, 6.07) is 0.515. The number of hydrogen-bond donors (Lipinski definition) is 1. The molecule has 2 rings (SSSR count). The molecule has 1 aliphatic carbocycles. The molecule has 84 valence electrons. The maximum atomic E-state index is 5.39. The van der Waals surface area contributed by atoms with Gasteiger partial charge in [-0.3, -0.25) is 0 Å². The van der Waals surface area contributed by atoms with E-state index in [2.05, 4.69) is 10.3 Å². The second kappa shape index (κ2) is 5.05. The van der Waals surface area contributed by atoms with Crippen molar-refractivity contribution in [2.45, 2.75) is 38.8 Å². The predicted octanol–water partition coefficient (Wildman–Crippen LogP) is 2.28. The number of thiazole rings is 1. The number of nitrogens with one attached hydrogen (secondary N) is 1. The van der Waals surface area contributed by atoms with E-state index >= 15 is 0 Å². The third-order valence-electron chi connectivity index (χ3n) is 2.77. The summed E-state index contributed by atoms with van der Waals surface area (Å²) in [5.74, 6) is 0. The molecule has 15 heavy (non-hydrogen) atoms. The zero-order chi connectivity index (χ0) is 10.7. The highest BCUT2D eigenvalue weighted by Gasteiger charge is 2.22. The number of hydrogen-bond acceptors (Lipinski definition) is 4.